The van der Waals surface area contributed by atoms with Crippen LogP contribution in [0.5, 0.6) is 0 Å². The molecule has 0 unspecified atom stereocenters. The molecule has 1 aromatic rings. The average Bonchev–Trinajstić information content (AvgIpc) is 1.97. The highest BCUT2D eigenvalue weighted by molar-refractivity contribution is 7.85. The fraction of sp³-hybridized carbons (Fsp3) is 0.500. The number of nitrogens with zero attached hydrogens (tertiary/aromatic N) is 2. The third-order valence-corrected chi connectivity index (χ3v) is 1.98. The molecule has 0 amide bonds. The molecule has 1 rings (SSSR count). The molecule has 0 spiro atoms. The van der Waals surface area contributed by atoms with Crippen LogP contribution in [-0.4, -0.2) is 24.6 Å². The van der Waals surface area contributed by atoms with E-state index in [0.29, 0.717) is 5.82 Å². The molecule has 0 aliphatic carbocycles. The number of aromatic nitrogens is 2. The topological polar surface area (TPSA) is 69.2 Å². The molecule has 0 N–H and O–H groups in total. The van der Waals surface area contributed by atoms with E-state index in [1.165, 1.54) is 0 Å². The van der Waals surface area contributed by atoms with E-state index in [-0.39, 0.29) is 6.61 Å². The molecule has 0 aliphatic rings. The lowest BCUT2D eigenvalue weighted by molar-refractivity contribution is 0.301. The summed E-state index contributed by atoms with van der Waals surface area (Å²) in [5, 5.41) is 0. The highest BCUT2D eigenvalue weighted by atomic mass is 32.2. The van der Waals surface area contributed by atoms with Crippen LogP contribution in [0.4, 0.5) is 0 Å². The predicted octanol–water partition coefficient (Wildman–Crippen LogP) is 0.570. The molecule has 5 nitrogen and oxygen atoms in total. The lowest BCUT2D eigenvalue weighted by Crippen LogP contribution is -2.06. The van der Waals surface area contributed by atoms with E-state index in [2.05, 4.69) is 14.2 Å². The van der Waals surface area contributed by atoms with Crippen molar-refractivity contribution in [2.24, 2.45) is 0 Å². The summed E-state index contributed by atoms with van der Waals surface area (Å²) in [6.45, 7) is 3.53. The van der Waals surface area contributed by atoms with Gasteiger partial charge in [-0.05, 0) is 19.9 Å². The summed E-state index contributed by atoms with van der Waals surface area (Å²) in [5.41, 5.74) is 1.59. The normalized spacial score (nSPS) is 11.6. The van der Waals surface area contributed by atoms with Crippen LogP contribution in [0.25, 0.3) is 0 Å². The molecule has 0 bridgehead atoms. The number of hydrogen-bond donors (Lipinski definition) is 0. The molecule has 0 aliphatic heterocycles. The second-order valence-electron chi connectivity index (χ2n) is 3.03. The first-order valence-corrected chi connectivity index (χ1v) is 5.84. The molecule has 1 aromatic heterocycles. The van der Waals surface area contributed by atoms with Crippen molar-refractivity contribution in [3.8, 4) is 0 Å². The average molecular weight is 216 g/mol. The van der Waals surface area contributed by atoms with Gasteiger partial charge in [0.25, 0.3) is 10.1 Å². The summed E-state index contributed by atoms with van der Waals surface area (Å²) in [6, 6.07) is 1.81. The Morgan fingerprint density at radius 2 is 1.79 bits per heavy atom. The van der Waals surface area contributed by atoms with Crippen LogP contribution >= 0.6 is 0 Å². The van der Waals surface area contributed by atoms with Crippen LogP contribution in [0.3, 0.4) is 0 Å². The van der Waals surface area contributed by atoms with Gasteiger partial charge in [-0.1, -0.05) is 0 Å². The van der Waals surface area contributed by atoms with Crippen molar-refractivity contribution in [1.82, 2.24) is 9.97 Å². The molecule has 0 atom stereocenters. The van der Waals surface area contributed by atoms with E-state index in [1.807, 2.05) is 19.9 Å². The van der Waals surface area contributed by atoms with E-state index in [0.717, 1.165) is 17.6 Å². The van der Waals surface area contributed by atoms with Gasteiger partial charge in [-0.2, -0.15) is 8.42 Å². The maximum Gasteiger partial charge on any atom is 0.264 e. The van der Waals surface area contributed by atoms with Crippen molar-refractivity contribution in [3.63, 3.8) is 0 Å². The first kappa shape index (κ1) is 11.1. The lowest BCUT2D eigenvalue weighted by Gasteiger charge is -2.02. The Morgan fingerprint density at radius 3 is 2.21 bits per heavy atom. The van der Waals surface area contributed by atoms with Gasteiger partial charge in [0.1, 0.15) is 6.61 Å². The highest BCUT2D eigenvalue weighted by Gasteiger charge is 2.05. The summed E-state index contributed by atoms with van der Waals surface area (Å²) in [5.74, 6) is 0.382. The third-order valence-electron chi connectivity index (χ3n) is 1.43. The Labute approximate surface area is 83.3 Å². The molecule has 6 heteroatoms. The van der Waals surface area contributed by atoms with Gasteiger partial charge in [0, 0.05) is 11.4 Å². The van der Waals surface area contributed by atoms with Crippen LogP contribution in [-0.2, 0) is 20.9 Å². The zero-order valence-electron chi connectivity index (χ0n) is 8.31. The number of rotatable bonds is 3. The second-order valence-corrected chi connectivity index (χ2v) is 4.68. The van der Waals surface area contributed by atoms with Crippen molar-refractivity contribution >= 4 is 10.1 Å². The summed E-state index contributed by atoms with van der Waals surface area (Å²) in [6.07, 6.45) is 0.996. The van der Waals surface area contributed by atoms with Gasteiger partial charge in [0.15, 0.2) is 5.82 Å². The summed E-state index contributed by atoms with van der Waals surface area (Å²) in [7, 11) is -3.43. The zero-order chi connectivity index (χ0) is 10.8. The standard InChI is InChI=1S/C8H12N2O3S/c1-6-4-7(2)10-8(9-6)5-13-14(3,11)12/h4H,5H2,1-3H3. The van der Waals surface area contributed by atoms with E-state index in [4.69, 9.17) is 0 Å². The Bertz CT molecular complexity index is 408. The Hall–Kier alpha value is -1.01. The van der Waals surface area contributed by atoms with Crippen molar-refractivity contribution in [2.75, 3.05) is 6.26 Å². The van der Waals surface area contributed by atoms with Gasteiger partial charge >= 0.3 is 0 Å². The van der Waals surface area contributed by atoms with Crippen LogP contribution in [0.15, 0.2) is 6.07 Å². The monoisotopic (exact) mass is 216 g/mol. The third kappa shape index (κ3) is 3.80. The Balaban J connectivity index is 2.78. The first-order chi connectivity index (χ1) is 6.37. The molecule has 0 fully saturated rings. The fourth-order valence-corrected chi connectivity index (χ4v) is 1.34. The molecule has 0 saturated heterocycles. The van der Waals surface area contributed by atoms with Crippen molar-refractivity contribution in [1.29, 1.82) is 0 Å². The fourth-order valence-electron chi connectivity index (χ4n) is 1.02. The van der Waals surface area contributed by atoms with Gasteiger partial charge in [-0.3, -0.25) is 4.18 Å². The van der Waals surface area contributed by atoms with Crippen molar-refractivity contribution in [3.05, 3.63) is 23.3 Å². The van der Waals surface area contributed by atoms with E-state index in [1.54, 1.807) is 0 Å². The van der Waals surface area contributed by atoms with Crippen molar-refractivity contribution < 1.29 is 12.6 Å². The number of hydrogen-bond acceptors (Lipinski definition) is 5. The second kappa shape index (κ2) is 4.02. The molecule has 78 valence electrons. The Kier molecular flexibility index (Phi) is 3.17. The highest BCUT2D eigenvalue weighted by Crippen LogP contribution is 2.02. The molecular weight excluding hydrogens is 204 g/mol. The molecule has 0 radical (unpaired) electrons. The minimum absolute atomic E-state index is 0.110. The first-order valence-electron chi connectivity index (χ1n) is 4.02. The van der Waals surface area contributed by atoms with Crippen LogP contribution < -0.4 is 0 Å². The maximum absolute atomic E-state index is 10.7. The van der Waals surface area contributed by atoms with Gasteiger partial charge in [-0.25, -0.2) is 9.97 Å². The summed E-state index contributed by atoms with van der Waals surface area (Å²) >= 11 is 0. The largest absolute Gasteiger partial charge is 0.264 e. The van der Waals surface area contributed by atoms with Gasteiger partial charge < -0.3 is 0 Å². The minimum atomic E-state index is -3.43. The van der Waals surface area contributed by atoms with Crippen LogP contribution in [0.2, 0.25) is 0 Å². The van der Waals surface area contributed by atoms with E-state index in [9.17, 15) is 8.42 Å². The summed E-state index contributed by atoms with van der Waals surface area (Å²) in [4.78, 5) is 8.07. The quantitative estimate of drug-likeness (QED) is 0.691. The van der Waals surface area contributed by atoms with E-state index < -0.39 is 10.1 Å². The molecule has 0 saturated carbocycles. The Morgan fingerprint density at radius 1 is 1.29 bits per heavy atom. The zero-order valence-corrected chi connectivity index (χ0v) is 9.13. The predicted molar refractivity (Wildman–Crippen MR) is 51.1 cm³/mol. The molecule has 1 heterocycles. The van der Waals surface area contributed by atoms with Crippen LogP contribution in [0.1, 0.15) is 17.2 Å². The minimum Gasteiger partial charge on any atom is -0.262 e. The number of aryl methyl sites for hydroxylation is 2. The van der Waals surface area contributed by atoms with Crippen molar-refractivity contribution in [2.45, 2.75) is 20.5 Å². The van der Waals surface area contributed by atoms with Crippen LogP contribution in [0, 0.1) is 13.8 Å². The molecular formula is C8H12N2O3S. The van der Waals surface area contributed by atoms with Gasteiger partial charge in [-0.15, -0.1) is 0 Å². The smallest absolute Gasteiger partial charge is 0.262 e. The SMILES string of the molecule is Cc1cc(C)nc(COS(C)(=O)=O)n1. The molecule has 0 aromatic carbocycles. The lowest BCUT2D eigenvalue weighted by atomic mass is 10.3. The molecule has 14 heavy (non-hydrogen) atoms. The van der Waals surface area contributed by atoms with E-state index >= 15 is 0 Å². The van der Waals surface area contributed by atoms with Gasteiger partial charge in [0.2, 0.25) is 0 Å². The van der Waals surface area contributed by atoms with Gasteiger partial charge in [0.05, 0.1) is 6.26 Å². The summed E-state index contributed by atoms with van der Waals surface area (Å²) < 4.78 is 26.0. The maximum atomic E-state index is 10.7.